The molecule has 1 aromatic carbocycles. The van der Waals surface area contributed by atoms with E-state index in [1.807, 2.05) is 6.92 Å². The Bertz CT molecular complexity index is 661. The van der Waals surface area contributed by atoms with Crippen molar-refractivity contribution >= 4 is 40.6 Å². The zero-order chi connectivity index (χ0) is 14.7. The van der Waals surface area contributed by atoms with Crippen molar-refractivity contribution in [3.63, 3.8) is 0 Å². The topological polar surface area (TPSA) is 80.0 Å². The largest absolute Gasteiger partial charge is 0.320 e. The summed E-state index contributed by atoms with van der Waals surface area (Å²) in [6.07, 6.45) is 0. The number of nitrogen functional groups attached to an aromatic ring is 1. The van der Waals surface area contributed by atoms with E-state index in [1.165, 1.54) is 0 Å². The highest BCUT2D eigenvalue weighted by atomic mass is 35.5. The fraction of sp³-hybridized carbons (Fsp3) is 0.0769. The molecule has 0 fully saturated rings. The Morgan fingerprint density at radius 2 is 1.95 bits per heavy atom. The average Bonchev–Trinajstić information content (AvgIpc) is 2.44. The molecule has 1 heterocycles. The van der Waals surface area contributed by atoms with E-state index in [0.29, 0.717) is 16.5 Å². The number of carbonyl (C=O) groups is 1. The Morgan fingerprint density at radius 1 is 1.20 bits per heavy atom. The fourth-order valence-electron chi connectivity index (χ4n) is 1.61. The Hall–Kier alpha value is -1.82. The van der Waals surface area contributed by atoms with Crippen molar-refractivity contribution in [2.45, 2.75) is 6.92 Å². The van der Waals surface area contributed by atoms with Crippen LogP contribution in [0.4, 0.5) is 11.5 Å². The first-order chi connectivity index (χ1) is 9.52. The van der Waals surface area contributed by atoms with Crippen LogP contribution in [-0.2, 0) is 0 Å². The number of nitrogens with two attached hydrogens (primary N) is 1. The molecule has 104 valence electrons. The van der Waals surface area contributed by atoms with Crippen LogP contribution in [0.25, 0.3) is 0 Å². The minimum Gasteiger partial charge on any atom is -0.320 e. The van der Waals surface area contributed by atoms with Crippen molar-refractivity contribution in [2.24, 2.45) is 5.84 Å². The van der Waals surface area contributed by atoms with Crippen LogP contribution in [0.15, 0.2) is 30.3 Å². The van der Waals surface area contributed by atoms with Gasteiger partial charge in [-0.15, -0.1) is 0 Å². The molecule has 0 aliphatic heterocycles. The molecular formula is C13H12Cl2N4O. The van der Waals surface area contributed by atoms with Gasteiger partial charge in [-0.25, -0.2) is 10.8 Å². The highest BCUT2D eigenvalue weighted by molar-refractivity contribution is 6.34. The number of benzene rings is 1. The minimum absolute atomic E-state index is 0.0847. The molecule has 0 radical (unpaired) electrons. The zero-order valence-electron chi connectivity index (χ0n) is 10.6. The molecule has 0 unspecified atom stereocenters. The summed E-state index contributed by atoms with van der Waals surface area (Å²) in [5.74, 6) is 5.18. The van der Waals surface area contributed by atoms with Gasteiger partial charge >= 0.3 is 0 Å². The predicted molar refractivity (Wildman–Crippen MR) is 81.2 cm³/mol. The van der Waals surface area contributed by atoms with Crippen molar-refractivity contribution in [1.29, 1.82) is 0 Å². The van der Waals surface area contributed by atoms with Crippen LogP contribution < -0.4 is 16.6 Å². The van der Waals surface area contributed by atoms with Gasteiger partial charge in [-0.2, -0.15) is 0 Å². The molecule has 0 aliphatic rings. The number of nitrogens with one attached hydrogen (secondary N) is 2. The third-order valence-electron chi connectivity index (χ3n) is 2.72. The van der Waals surface area contributed by atoms with E-state index in [0.717, 1.165) is 5.56 Å². The lowest BCUT2D eigenvalue weighted by atomic mass is 10.2. The summed E-state index contributed by atoms with van der Waals surface area (Å²) in [5, 5.41) is 3.53. The van der Waals surface area contributed by atoms with E-state index in [-0.39, 0.29) is 10.7 Å². The first-order valence-corrected chi connectivity index (χ1v) is 6.48. The summed E-state index contributed by atoms with van der Waals surface area (Å²) in [4.78, 5) is 16.2. The third kappa shape index (κ3) is 3.01. The normalized spacial score (nSPS) is 10.2. The predicted octanol–water partition coefficient (Wildman–Crippen LogP) is 3.23. The standard InChI is InChI=1S/C13H12Cl2N4O/c1-7-8(14)3-2-4-10(7)17-13(20)12-9(15)5-6-11(18-12)19-16/h2-6H,16H2,1H3,(H,17,20)(H,18,19). The molecule has 0 bridgehead atoms. The van der Waals surface area contributed by atoms with E-state index >= 15 is 0 Å². The molecular weight excluding hydrogens is 299 g/mol. The zero-order valence-corrected chi connectivity index (χ0v) is 12.1. The fourth-order valence-corrected chi connectivity index (χ4v) is 1.97. The Balaban J connectivity index is 2.30. The van der Waals surface area contributed by atoms with Crippen molar-refractivity contribution in [1.82, 2.24) is 4.98 Å². The quantitative estimate of drug-likeness (QED) is 0.600. The number of anilines is 2. The summed E-state index contributed by atoms with van der Waals surface area (Å²) in [7, 11) is 0. The lowest BCUT2D eigenvalue weighted by Gasteiger charge is -2.10. The van der Waals surface area contributed by atoms with E-state index in [9.17, 15) is 4.79 Å². The molecule has 1 amide bonds. The molecule has 0 spiro atoms. The van der Waals surface area contributed by atoms with Gasteiger partial charge < -0.3 is 10.7 Å². The summed E-state index contributed by atoms with van der Waals surface area (Å²) >= 11 is 12.0. The van der Waals surface area contributed by atoms with Crippen molar-refractivity contribution < 1.29 is 4.79 Å². The van der Waals surface area contributed by atoms with Crippen molar-refractivity contribution in [3.05, 3.63) is 51.6 Å². The first-order valence-electron chi connectivity index (χ1n) is 5.72. The summed E-state index contributed by atoms with van der Waals surface area (Å²) in [6.45, 7) is 1.81. The molecule has 1 aromatic heterocycles. The van der Waals surface area contributed by atoms with Crippen LogP contribution >= 0.6 is 23.2 Å². The summed E-state index contributed by atoms with van der Waals surface area (Å²) < 4.78 is 0. The molecule has 20 heavy (non-hydrogen) atoms. The molecule has 0 aliphatic carbocycles. The van der Waals surface area contributed by atoms with Crippen LogP contribution in [0.3, 0.4) is 0 Å². The number of hydrogen-bond donors (Lipinski definition) is 3. The number of aromatic nitrogens is 1. The van der Waals surface area contributed by atoms with Crippen LogP contribution in [0.2, 0.25) is 10.0 Å². The number of nitrogens with zero attached hydrogens (tertiary/aromatic N) is 1. The maximum Gasteiger partial charge on any atom is 0.275 e. The number of hydrogen-bond acceptors (Lipinski definition) is 4. The van der Waals surface area contributed by atoms with Gasteiger partial charge in [0.05, 0.1) is 5.02 Å². The van der Waals surface area contributed by atoms with Gasteiger partial charge in [0.1, 0.15) is 11.5 Å². The van der Waals surface area contributed by atoms with Gasteiger partial charge in [0.15, 0.2) is 0 Å². The summed E-state index contributed by atoms with van der Waals surface area (Å²) in [6, 6.07) is 8.36. The van der Waals surface area contributed by atoms with Gasteiger partial charge in [-0.3, -0.25) is 4.79 Å². The van der Waals surface area contributed by atoms with Crippen molar-refractivity contribution in [2.75, 3.05) is 10.7 Å². The second-order valence-corrected chi connectivity index (χ2v) is 4.85. The van der Waals surface area contributed by atoms with Crippen molar-refractivity contribution in [3.8, 4) is 0 Å². The maximum atomic E-state index is 12.2. The number of pyridine rings is 1. The Morgan fingerprint density at radius 3 is 2.65 bits per heavy atom. The van der Waals surface area contributed by atoms with E-state index in [4.69, 9.17) is 29.0 Å². The minimum atomic E-state index is -0.433. The van der Waals surface area contributed by atoms with Crippen LogP contribution in [-0.4, -0.2) is 10.9 Å². The second-order valence-electron chi connectivity index (χ2n) is 4.04. The van der Waals surface area contributed by atoms with Crippen LogP contribution in [0, 0.1) is 6.92 Å². The molecule has 2 aromatic rings. The average molecular weight is 311 g/mol. The highest BCUT2D eigenvalue weighted by Crippen LogP contribution is 2.24. The molecule has 7 heteroatoms. The maximum absolute atomic E-state index is 12.2. The second kappa shape index (κ2) is 6.09. The smallest absolute Gasteiger partial charge is 0.275 e. The van der Waals surface area contributed by atoms with Gasteiger partial charge in [-0.05, 0) is 36.8 Å². The Labute approximate surface area is 126 Å². The Kier molecular flexibility index (Phi) is 4.44. The van der Waals surface area contributed by atoms with Gasteiger partial charge in [0.2, 0.25) is 0 Å². The number of rotatable bonds is 3. The number of amides is 1. The van der Waals surface area contributed by atoms with Crippen LogP contribution in [0.1, 0.15) is 16.1 Å². The van der Waals surface area contributed by atoms with Gasteiger partial charge in [0.25, 0.3) is 5.91 Å². The lowest BCUT2D eigenvalue weighted by molar-refractivity contribution is 0.102. The highest BCUT2D eigenvalue weighted by Gasteiger charge is 2.14. The van der Waals surface area contributed by atoms with Gasteiger partial charge in [0, 0.05) is 10.7 Å². The number of halogens is 2. The molecule has 4 N–H and O–H groups in total. The molecule has 0 saturated carbocycles. The molecule has 0 atom stereocenters. The SMILES string of the molecule is Cc1c(Cl)cccc1NC(=O)c1nc(NN)ccc1Cl. The molecule has 2 rings (SSSR count). The number of hydrazine groups is 1. The van der Waals surface area contributed by atoms with Gasteiger partial charge in [-0.1, -0.05) is 29.3 Å². The van der Waals surface area contributed by atoms with E-state index in [2.05, 4.69) is 15.7 Å². The summed E-state index contributed by atoms with van der Waals surface area (Å²) in [5.41, 5.74) is 3.82. The molecule has 5 nitrogen and oxygen atoms in total. The first kappa shape index (κ1) is 14.6. The monoisotopic (exact) mass is 310 g/mol. The lowest BCUT2D eigenvalue weighted by Crippen LogP contribution is -2.17. The van der Waals surface area contributed by atoms with E-state index < -0.39 is 5.91 Å². The molecule has 0 saturated heterocycles. The number of carbonyl (C=O) groups excluding carboxylic acids is 1. The van der Waals surface area contributed by atoms with E-state index in [1.54, 1.807) is 30.3 Å². The third-order valence-corrected chi connectivity index (χ3v) is 3.44. The van der Waals surface area contributed by atoms with Crippen LogP contribution in [0.5, 0.6) is 0 Å².